The van der Waals surface area contributed by atoms with Crippen LogP contribution in [-0.2, 0) is 14.4 Å². The van der Waals surface area contributed by atoms with Gasteiger partial charge >= 0.3 is 0 Å². The standard InChI is InChI=1S/C18H16ClN3O4/c1-10(23)20-12-4-6-13(7-5-12)21-16(24)18(2)17(25)22-14-9-11(19)3-8-15(14)26-18/h3-9H,1-2H3,(H,20,23)(H,21,24)(H,22,25). The van der Waals surface area contributed by atoms with Crippen LogP contribution >= 0.6 is 11.6 Å². The van der Waals surface area contributed by atoms with Crippen LogP contribution in [0.2, 0.25) is 5.02 Å². The predicted octanol–water partition coefficient (Wildman–Crippen LogP) is 3.03. The summed E-state index contributed by atoms with van der Waals surface area (Å²) in [4.78, 5) is 36.1. The number of hydrogen-bond donors (Lipinski definition) is 3. The van der Waals surface area contributed by atoms with E-state index in [1.54, 1.807) is 42.5 Å². The van der Waals surface area contributed by atoms with Crippen molar-refractivity contribution in [3.63, 3.8) is 0 Å². The van der Waals surface area contributed by atoms with Crippen molar-refractivity contribution < 1.29 is 19.1 Å². The van der Waals surface area contributed by atoms with Crippen molar-refractivity contribution in [2.45, 2.75) is 19.4 Å². The fourth-order valence-electron chi connectivity index (χ4n) is 2.44. The topological polar surface area (TPSA) is 96.5 Å². The second-order valence-electron chi connectivity index (χ2n) is 5.94. The third kappa shape index (κ3) is 3.48. The number of halogens is 1. The van der Waals surface area contributed by atoms with Gasteiger partial charge in [-0.25, -0.2) is 0 Å². The highest BCUT2D eigenvalue weighted by molar-refractivity contribution is 6.31. The van der Waals surface area contributed by atoms with Crippen LogP contribution in [0.5, 0.6) is 5.75 Å². The molecule has 1 aliphatic rings. The Morgan fingerprint density at radius 3 is 2.31 bits per heavy atom. The Morgan fingerprint density at radius 1 is 1.08 bits per heavy atom. The van der Waals surface area contributed by atoms with E-state index in [1.807, 2.05) is 0 Å². The zero-order chi connectivity index (χ0) is 18.9. The zero-order valence-electron chi connectivity index (χ0n) is 14.1. The first-order valence-electron chi connectivity index (χ1n) is 7.77. The number of amides is 3. The average molecular weight is 374 g/mol. The third-order valence-electron chi connectivity index (χ3n) is 3.83. The molecule has 1 aliphatic heterocycles. The quantitative estimate of drug-likeness (QED) is 0.720. The van der Waals surface area contributed by atoms with E-state index in [2.05, 4.69) is 16.0 Å². The minimum absolute atomic E-state index is 0.194. The van der Waals surface area contributed by atoms with Gasteiger partial charge in [-0.2, -0.15) is 0 Å². The molecule has 0 saturated carbocycles. The second-order valence-corrected chi connectivity index (χ2v) is 6.38. The van der Waals surface area contributed by atoms with Crippen LogP contribution in [0.1, 0.15) is 13.8 Å². The second kappa shape index (κ2) is 6.68. The SMILES string of the molecule is CC(=O)Nc1ccc(NC(=O)C2(C)Oc3ccc(Cl)cc3NC2=O)cc1. The van der Waals surface area contributed by atoms with Crippen LogP contribution < -0.4 is 20.7 Å². The summed E-state index contributed by atoms with van der Waals surface area (Å²) in [6.07, 6.45) is 0. The van der Waals surface area contributed by atoms with Gasteiger partial charge in [0.05, 0.1) is 5.69 Å². The molecule has 0 bridgehead atoms. The maximum absolute atomic E-state index is 12.6. The summed E-state index contributed by atoms with van der Waals surface area (Å²) >= 11 is 5.90. The molecule has 0 radical (unpaired) electrons. The number of rotatable bonds is 3. The highest BCUT2D eigenvalue weighted by atomic mass is 35.5. The van der Waals surface area contributed by atoms with Gasteiger partial charge in [-0.3, -0.25) is 14.4 Å². The Bertz CT molecular complexity index is 898. The molecule has 2 aromatic rings. The van der Waals surface area contributed by atoms with Gasteiger partial charge in [0.15, 0.2) is 0 Å². The van der Waals surface area contributed by atoms with E-state index in [-0.39, 0.29) is 5.91 Å². The monoisotopic (exact) mass is 373 g/mol. The molecule has 0 spiro atoms. The van der Waals surface area contributed by atoms with Gasteiger partial charge in [0.1, 0.15) is 5.75 Å². The van der Waals surface area contributed by atoms with Crippen molar-refractivity contribution in [3.8, 4) is 5.75 Å². The summed E-state index contributed by atoms with van der Waals surface area (Å²) < 4.78 is 5.66. The Kier molecular flexibility index (Phi) is 4.56. The average Bonchev–Trinajstić information content (AvgIpc) is 2.57. The fraction of sp³-hybridized carbons (Fsp3) is 0.167. The first kappa shape index (κ1) is 17.8. The first-order chi connectivity index (χ1) is 12.3. The maximum atomic E-state index is 12.6. The summed E-state index contributed by atoms with van der Waals surface area (Å²) in [5, 5.41) is 8.35. The van der Waals surface area contributed by atoms with E-state index in [4.69, 9.17) is 16.3 Å². The van der Waals surface area contributed by atoms with E-state index in [0.717, 1.165) is 0 Å². The molecular weight excluding hydrogens is 358 g/mol. The zero-order valence-corrected chi connectivity index (χ0v) is 14.8. The van der Waals surface area contributed by atoms with Gasteiger partial charge < -0.3 is 20.7 Å². The minimum atomic E-state index is -1.74. The predicted molar refractivity (Wildman–Crippen MR) is 98.5 cm³/mol. The number of carbonyl (C=O) groups is 3. The molecule has 3 rings (SSSR count). The lowest BCUT2D eigenvalue weighted by atomic mass is 10.0. The molecule has 7 nitrogen and oxygen atoms in total. The third-order valence-corrected chi connectivity index (χ3v) is 4.07. The summed E-state index contributed by atoms with van der Waals surface area (Å²) in [7, 11) is 0. The molecule has 0 fully saturated rings. The van der Waals surface area contributed by atoms with E-state index in [1.165, 1.54) is 13.8 Å². The molecule has 26 heavy (non-hydrogen) atoms. The number of carbonyl (C=O) groups excluding carboxylic acids is 3. The van der Waals surface area contributed by atoms with Crippen LogP contribution in [0.3, 0.4) is 0 Å². The van der Waals surface area contributed by atoms with E-state index < -0.39 is 17.4 Å². The van der Waals surface area contributed by atoms with Crippen molar-refractivity contribution in [2.24, 2.45) is 0 Å². The molecule has 1 heterocycles. The smallest absolute Gasteiger partial charge is 0.278 e. The molecule has 134 valence electrons. The van der Waals surface area contributed by atoms with Gasteiger partial charge in [-0.1, -0.05) is 11.6 Å². The van der Waals surface area contributed by atoms with Crippen LogP contribution in [0.4, 0.5) is 17.1 Å². The molecule has 3 amide bonds. The van der Waals surface area contributed by atoms with Crippen LogP contribution in [0.25, 0.3) is 0 Å². The van der Waals surface area contributed by atoms with Crippen molar-refractivity contribution in [2.75, 3.05) is 16.0 Å². The van der Waals surface area contributed by atoms with Crippen molar-refractivity contribution in [1.29, 1.82) is 0 Å². The molecule has 0 saturated heterocycles. The largest absolute Gasteiger partial charge is 0.466 e. The first-order valence-corrected chi connectivity index (χ1v) is 8.15. The summed E-state index contributed by atoms with van der Waals surface area (Å²) in [6, 6.07) is 11.2. The van der Waals surface area contributed by atoms with E-state index >= 15 is 0 Å². The van der Waals surface area contributed by atoms with E-state index in [9.17, 15) is 14.4 Å². The van der Waals surface area contributed by atoms with Gasteiger partial charge in [0, 0.05) is 23.3 Å². The number of benzene rings is 2. The minimum Gasteiger partial charge on any atom is -0.466 e. The number of nitrogens with one attached hydrogen (secondary N) is 3. The van der Waals surface area contributed by atoms with Crippen LogP contribution in [-0.4, -0.2) is 23.3 Å². The number of fused-ring (bicyclic) bond motifs is 1. The Labute approximate surface area is 154 Å². The Balaban J connectivity index is 1.77. The normalized spacial score (nSPS) is 18.2. The maximum Gasteiger partial charge on any atom is 0.278 e. The number of ether oxygens (including phenoxy) is 1. The fourth-order valence-corrected chi connectivity index (χ4v) is 2.61. The lowest BCUT2D eigenvalue weighted by Gasteiger charge is -2.33. The molecule has 2 aromatic carbocycles. The van der Waals surface area contributed by atoms with Crippen molar-refractivity contribution in [3.05, 3.63) is 47.5 Å². The molecule has 8 heteroatoms. The molecule has 0 aromatic heterocycles. The molecular formula is C18H16ClN3O4. The van der Waals surface area contributed by atoms with Crippen molar-refractivity contribution >= 4 is 46.4 Å². The summed E-state index contributed by atoms with van der Waals surface area (Å²) in [5.74, 6) is -1.06. The van der Waals surface area contributed by atoms with Crippen LogP contribution in [0.15, 0.2) is 42.5 Å². The van der Waals surface area contributed by atoms with Gasteiger partial charge in [-0.15, -0.1) is 0 Å². The lowest BCUT2D eigenvalue weighted by molar-refractivity contribution is -0.143. The molecule has 0 aliphatic carbocycles. The lowest BCUT2D eigenvalue weighted by Crippen LogP contribution is -2.56. The van der Waals surface area contributed by atoms with Gasteiger partial charge in [-0.05, 0) is 49.4 Å². The summed E-state index contributed by atoms with van der Waals surface area (Å²) in [6.45, 7) is 2.79. The van der Waals surface area contributed by atoms with Crippen molar-refractivity contribution in [1.82, 2.24) is 0 Å². The molecule has 1 unspecified atom stereocenters. The highest BCUT2D eigenvalue weighted by Crippen LogP contribution is 2.36. The summed E-state index contributed by atoms with van der Waals surface area (Å²) in [5.41, 5.74) is -0.271. The molecule has 3 N–H and O–H groups in total. The highest BCUT2D eigenvalue weighted by Gasteiger charge is 2.47. The van der Waals surface area contributed by atoms with E-state index in [0.29, 0.717) is 27.8 Å². The number of hydrogen-bond acceptors (Lipinski definition) is 4. The molecule has 1 atom stereocenters. The Morgan fingerprint density at radius 2 is 1.69 bits per heavy atom. The van der Waals surface area contributed by atoms with Crippen LogP contribution in [0, 0.1) is 0 Å². The van der Waals surface area contributed by atoms with Gasteiger partial charge in [0.2, 0.25) is 5.91 Å². The van der Waals surface area contributed by atoms with Gasteiger partial charge in [0.25, 0.3) is 17.4 Å². The number of anilines is 3. The Hall–Kier alpha value is -3.06.